The molecule has 3 atom stereocenters. The van der Waals surface area contributed by atoms with Crippen molar-refractivity contribution < 1.29 is 12.9 Å². The fraction of sp³-hybridized carbons (Fsp3) is 0.429. The first-order valence-corrected chi connectivity index (χ1v) is 12.4. The molecule has 0 amide bonds. The van der Waals surface area contributed by atoms with Crippen LogP contribution in [0, 0.1) is 12.8 Å². The van der Waals surface area contributed by atoms with Gasteiger partial charge in [0.05, 0.1) is 5.41 Å². The molecule has 5 rings (SSSR count). The monoisotopic (exact) mass is 444 g/mol. The maximum absolute atomic E-state index is 12.8. The number of benzene rings is 1. The van der Waals surface area contributed by atoms with Crippen LogP contribution in [0.3, 0.4) is 0 Å². The maximum atomic E-state index is 12.8. The Bertz CT molecular complexity index is 1110. The molecule has 3 heterocycles. The van der Waals surface area contributed by atoms with E-state index >= 15 is 0 Å². The summed E-state index contributed by atoms with van der Waals surface area (Å²) < 4.78 is 34.4. The zero-order valence-corrected chi connectivity index (χ0v) is 18.3. The van der Waals surface area contributed by atoms with Crippen molar-refractivity contribution in [1.82, 2.24) is 19.8 Å². The Morgan fingerprint density at radius 3 is 2.80 bits per heavy atom. The molecule has 0 unspecified atom stereocenters. The van der Waals surface area contributed by atoms with Crippen molar-refractivity contribution in [3.8, 4) is 0 Å². The first-order valence-electron chi connectivity index (χ1n) is 10.1. The summed E-state index contributed by atoms with van der Waals surface area (Å²) in [5, 5.41) is 5.80. The Labute approximate surface area is 180 Å². The first kappa shape index (κ1) is 19.9. The normalized spacial score (nSPS) is 26.8. The van der Waals surface area contributed by atoms with Crippen molar-refractivity contribution in [2.24, 2.45) is 5.92 Å². The Morgan fingerprint density at radius 1 is 1.27 bits per heavy atom. The van der Waals surface area contributed by atoms with Crippen molar-refractivity contribution in [2.45, 2.75) is 42.0 Å². The standard InChI is InChI=1S/C21H24N4O3S2/c1-15-22-20(28-23-15)21-11-18(24-30(26,27)19-8-5-9-29-19)10-17(21)13-25(14-21)12-16-6-3-2-4-7-16/h2-9,17-18,24H,10-14H2,1H3/t17-,18+,21-/m0/s1. The number of aromatic nitrogens is 2. The van der Waals surface area contributed by atoms with E-state index in [1.807, 2.05) is 13.0 Å². The minimum Gasteiger partial charge on any atom is -0.339 e. The fourth-order valence-electron chi connectivity index (χ4n) is 5.05. The van der Waals surface area contributed by atoms with Crippen LogP contribution in [0.25, 0.3) is 0 Å². The van der Waals surface area contributed by atoms with Crippen molar-refractivity contribution in [2.75, 3.05) is 13.1 Å². The van der Waals surface area contributed by atoms with Gasteiger partial charge >= 0.3 is 0 Å². The van der Waals surface area contributed by atoms with Gasteiger partial charge in [-0.15, -0.1) is 11.3 Å². The molecule has 2 aliphatic rings. The van der Waals surface area contributed by atoms with Gasteiger partial charge in [0.1, 0.15) is 4.21 Å². The number of aryl methyl sites for hydroxylation is 1. The number of thiophene rings is 1. The van der Waals surface area contributed by atoms with Gasteiger partial charge in [-0.05, 0) is 42.7 Å². The molecule has 3 aromatic rings. The van der Waals surface area contributed by atoms with Gasteiger partial charge in [0, 0.05) is 25.7 Å². The summed E-state index contributed by atoms with van der Waals surface area (Å²) in [7, 11) is -3.51. The highest BCUT2D eigenvalue weighted by Gasteiger charge is 2.57. The lowest BCUT2D eigenvalue weighted by atomic mass is 9.80. The van der Waals surface area contributed by atoms with E-state index in [1.54, 1.807) is 17.5 Å². The molecule has 2 fully saturated rings. The molecule has 30 heavy (non-hydrogen) atoms. The van der Waals surface area contributed by atoms with Gasteiger partial charge in [0.2, 0.25) is 15.9 Å². The number of nitrogens with one attached hydrogen (secondary N) is 1. The molecule has 1 saturated heterocycles. The third-order valence-electron chi connectivity index (χ3n) is 6.23. The molecule has 2 aromatic heterocycles. The van der Waals surface area contributed by atoms with E-state index in [9.17, 15) is 8.42 Å². The summed E-state index contributed by atoms with van der Waals surface area (Å²) in [6.45, 7) is 4.35. The number of sulfonamides is 1. The molecule has 1 aliphatic carbocycles. The first-order chi connectivity index (χ1) is 14.4. The Kier molecular flexibility index (Phi) is 5.01. The van der Waals surface area contributed by atoms with Crippen LogP contribution in [-0.2, 0) is 22.0 Å². The lowest BCUT2D eigenvalue weighted by Crippen LogP contribution is -2.37. The quantitative estimate of drug-likeness (QED) is 0.629. The van der Waals surface area contributed by atoms with Gasteiger partial charge < -0.3 is 4.52 Å². The fourth-order valence-corrected chi connectivity index (χ4v) is 7.31. The number of fused-ring (bicyclic) bond motifs is 1. The van der Waals surface area contributed by atoms with E-state index in [4.69, 9.17) is 4.52 Å². The van der Waals surface area contributed by atoms with E-state index in [-0.39, 0.29) is 17.4 Å². The highest BCUT2D eigenvalue weighted by molar-refractivity contribution is 7.91. The van der Waals surface area contributed by atoms with E-state index < -0.39 is 10.0 Å². The smallest absolute Gasteiger partial charge is 0.250 e. The second kappa shape index (κ2) is 7.56. The van der Waals surface area contributed by atoms with Gasteiger partial charge in [-0.3, -0.25) is 4.90 Å². The van der Waals surface area contributed by atoms with Crippen LogP contribution in [-0.4, -0.2) is 42.6 Å². The molecule has 0 radical (unpaired) electrons. The van der Waals surface area contributed by atoms with Gasteiger partial charge in [-0.1, -0.05) is 41.6 Å². The number of hydrogen-bond donors (Lipinski definition) is 1. The van der Waals surface area contributed by atoms with Gasteiger partial charge in [-0.2, -0.15) is 4.98 Å². The molecule has 7 nitrogen and oxygen atoms in total. The number of rotatable bonds is 6. The van der Waals surface area contributed by atoms with Crippen LogP contribution in [0.4, 0.5) is 0 Å². The molecule has 0 bridgehead atoms. The van der Waals surface area contributed by atoms with Crippen LogP contribution >= 0.6 is 11.3 Å². The van der Waals surface area contributed by atoms with Crippen molar-refractivity contribution in [1.29, 1.82) is 0 Å². The third kappa shape index (κ3) is 3.60. The van der Waals surface area contributed by atoms with Crippen LogP contribution in [0.2, 0.25) is 0 Å². The van der Waals surface area contributed by atoms with Crippen molar-refractivity contribution in [3.05, 3.63) is 65.1 Å². The summed E-state index contributed by atoms with van der Waals surface area (Å²) in [6, 6.07) is 13.7. The molecule has 158 valence electrons. The highest BCUT2D eigenvalue weighted by Crippen LogP contribution is 2.50. The molecular formula is C21H24N4O3S2. The molecular weight excluding hydrogens is 420 g/mol. The predicted molar refractivity (Wildman–Crippen MR) is 114 cm³/mol. The summed E-state index contributed by atoms with van der Waals surface area (Å²) in [6.07, 6.45) is 1.42. The summed E-state index contributed by atoms with van der Waals surface area (Å²) >= 11 is 1.24. The second-order valence-corrected chi connectivity index (χ2v) is 11.2. The molecule has 0 spiro atoms. The minimum atomic E-state index is -3.51. The minimum absolute atomic E-state index is 0.145. The average Bonchev–Trinajstić information content (AvgIpc) is 3.46. The van der Waals surface area contributed by atoms with Crippen molar-refractivity contribution in [3.63, 3.8) is 0 Å². The lowest BCUT2D eigenvalue weighted by Gasteiger charge is -2.25. The highest BCUT2D eigenvalue weighted by atomic mass is 32.2. The maximum Gasteiger partial charge on any atom is 0.250 e. The summed E-state index contributed by atoms with van der Waals surface area (Å²) in [5.74, 6) is 1.51. The van der Waals surface area contributed by atoms with Gasteiger partial charge in [0.15, 0.2) is 5.82 Å². The Morgan fingerprint density at radius 2 is 2.10 bits per heavy atom. The number of likely N-dealkylation sites (tertiary alicyclic amines) is 1. The van der Waals surface area contributed by atoms with Crippen LogP contribution in [0.1, 0.15) is 30.1 Å². The SMILES string of the molecule is Cc1noc([C@]23C[C@H](NS(=O)(=O)c4cccs4)C[C@H]2CN(Cc2ccccc2)C3)n1. The van der Waals surface area contributed by atoms with Crippen molar-refractivity contribution >= 4 is 21.4 Å². The van der Waals surface area contributed by atoms with E-state index in [2.05, 4.69) is 44.0 Å². The van der Waals surface area contributed by atoms with E-state index in [1.165, 1.54) is 16.9 Å². The summed E-state index contributed by atoms with van der Waals surface area (Å²) in [4.78, 5) is 6.99. The average molecular weight is 445 g/mol. The van der Waals surface area contributed by atoms with E-state index in [0.717, 1.165) is 26.1 Å². The number of nitrogens with zero attached hydrogens (tertiary/aromatic N) is 3. The largest absolute Gasteiger partial charge is 0.339 e. The lowest BCUT2D eigenvalue weighted by molar-refractivity contribution is 0.241. The van der Waals surface area contributed by atoms with Gasteiger partial charge in [0.25, 0.3) is 0 Å². The van der Waals surface area contributed by atoms with Crippen LogP contribution in [0.15, 0.2) is 56.6 Å². The summed E-state index contributed by atoms with van der Waals surface area (Å²) in [5.41, 5.74) is 0.947. The number of hydrogen-bond acceptors (Lipinski definition) is 7. The molecule has 1 aliphatic heterocycles. The van der Waals surface area contributed by atoms with Crippen LogP contribution < -0.4 is 4.72 Å². The molecule has 1 N–H and O–H groups in total. The van der Waals surface area contributed by atoms with Crippen LogP contribution in [0.5, 0.6) is 0 Å². The third-order valence-corrected chi connectivity index (χ3v) is 9.15. The van der Waals surface area contributed by atoms with Gasteiger partial charge in [-0.25, -0.2) is 13.1 Å². The topological polar surface area (TPSA) is 88.3 Å². The molecule has 1 saturated carbocycles. The predicted octanol–water partition coefficient (Wildman–Crippen LogP) is 2.95. The zero-order chi connectivity index (χ0) is 20.8. The second-order valence-electron chi connectivity index (χ2n) is 8.35. The Hall–Kier alpha value is -2.07. The Balaban J connectivity index is 1.39. The molecule has 1 aromatic carbocycles. The molecule has 9 heteroatoms. The zero-order valence-electron chi connectivity index (χ0n) is 16.7. The van der Waals surface area contributed by atoms with E-state index in [0.29, 0.717) is 22.3 Å².